The number of carbonyl (C=O) groups is 1. The van der Waals surface area contributed by atoms with E-state index in [1.807, 2.05) is 32.8 Å². The minimum absolute atomic E-state index is 0.0988. The molecular weight excluding hydrogens is 830 g/mol. The standard InChI is InChI=1S/C44H74ClN3O12S/c1-14-32-44(10,54)36(50)27(6)48(41(61)46-30-17-15-29(45)16-18-30)22-23(2)20-42(8,53)38(60-40-34(49)31(47(11)12)19-24(3)56-40)25(4)35(26(5)39(52)58-32)59-33-21-43(9,55-13)37(51)28(7)57-33/h15-18,23-28,31-38,40,49-51,53-54H,14,19-22H2,1-13H3,(H,46,61)/t23-,24-,25+,26-,27-,28+,31-,32-,33+,34-,35+,36-,37+,38-,40+,42-,43-,44-/m1/s1. The zero-order valence-corrected chi connectivity index (χ0v) is 39.9. The van der Waals surface area contributed by atoms with E-state index in [0.717, 1.165) is 0 Å². The molecule has 6 N–H and O–H groups in total. The molecule has 3 aliphatic rings. The fraction of sp³-hybridized carbons (Fsp3) is 0.818. The smallest absolute Gasteiger partial charge is 0.311 e. The molecule has 3 heterocycles. The van der Waals surface area contributed by atoms with Crippen molar-refractivity contribution in [1.82, 2.24) is 9.80 Å². The van der Waals surface area contributed by atoms with Gasteiger partial charge in [0.05, 0.1) is 47.6 Å². The first-order valence-electron chi connectivity index (χ1n) is 21.6. The van der Waals surface area contributed by atoms with Crippen molar-refractivity contribution in [2.24, 2.45) is 17.8 Å². The fourth-order valence-electron chi connectivity index (χ4n) is 9.51. The van der Waals surface area contributed by atoms with Crippen LogP contribution in [0.4, 0.5) is 5.69 Å². The van der Waals surface area contributed by atoms with Crippen LogP contribution >= 0.6 is 23.8 Å². The summed E-state index contributed by atoms with van der Waals surface area (Å²) in [5.74, 6) is -2.99. The van der Waals surface area contributed by atoms with Crippen LogP contribution < -0.4 is 5.32 Å². The molecule has 18 atom stereocenters. The molecule has 0 radical (unpaired) electrons. The lowest BCUT2D eigenvalue weighted by Gasteiger charge is -2.49. The Bertz CT molecular complexity index is 1590. The zero-order chi connectivity index (χ0) is 45.9. The van der Waals surface area contributed by atoms with E-state index in [-0.39, 0.29) is 49.0 Å². The van der Waals surface area contributed by atoms with Crippen molar-refractivity contribution in [1.29, 1.82) is 0 Å². The lowest BCUT2D eigenvalue weighted by molar-refractivity contribution is -0.318. The summed E-state index contributed by atoms with van der Waals surface area (Å²) in [7, 11) is 5.24. The predicted molar refractivity (Wildman–Crippen MR) is 236 cm³/mol. The van der Waals surface area contributed by atoms with Crippen LogP contribution in [0.5, 0.6) is 0 Å². The number of hydrogen-bond acceptors (Lipinski definition) is 14. The molecule has 350 valence electrons. The Morgan fingerprint density at radius 2 is 1.61 bits per heavy atom. The van der Waals surface area contributed by atoms with Gasteiger partial charge >= 0.3 is 5.97 Å². The number of aliphatic hydroxyl groups excluding tert-OH is 3. The van der Waals surface area contributed by atoms with E-state index in [1.54, 1.807) is 77.6 Å². The van der Waals surface area contributed by atoms with E-state index in [2.05, 4.69) is 5.32 Å². The molecule has 0 aromatic heterocycles. The van der Waals surface area contributed by atoms with E-state index < -0.39 is 96.0 Å². The van der Waals surface area contributed by atoms with Gasteiger partial charge in [-0.25, -0.2) is 0 Å². The first-order valence-corrected chi connectivity index (χ1v) is 22.4. The van der Waals surface area contributed by atoms with Crippen molar-refractivity contribution in [3.8, 4) is 0 Å². The zero-order valence-electron chi connectivity index (χ0n) is 38.3. The van der Waals surface area contributed by atoms with Gasteiger partial charge in [0.15, 0.2) is 17.7 Å². The molecule has 0 aliphatic carbocycles. The lowest BCUT2D eigenvalue weighted by Crippen LogP contribution is -2.61. The summed E-state index contributed by atoms with van der Waals surface area (Å²) in [5, 5.41) is 63.7. The average Bonchev–Trinajstić information content (AvgIpc) is 3.18. The first kappa shape index (κ1) is 51.9. The van der Waals surface area contributed by atoms with E-state index in [4.69, 9.17) is 52.2 Å². The summed E-state index contributed by atoms with van der Waals surface area (Å²) < 4.78 is 37.9. The molecule has 3 saturated heterocycles. The van der Waals surface area contributed by atoms with Crippen molar-refractivity contribution < 1.29 is 58.7 Å². The Labute approximate surface area is 373 Å². The highest BCUT2D eigenvalue weighted by atomic mass is 35.5. The fourth-order valence-corrected chi connectivity index (χ4v) is 9.99. The van der Waals surface area contributed by atoms with Crippen LogP contribution in [0.2, 0.25) is 5.02 Å². The molecular formula is C44H74ClN3O12S. The Balaban J connectivity index is 1.86. The second kappa shape index (κ2) is 21.0. The second-order valence-corrected chi connectivity index (χ2v) is 19.6. The van der Waals surface area contributed by atoms with Gasteiger partial charge in [0, 0.05) is 42.7 Å². The Morgan fingerprint density at radius 1 is 0.984 bits per heavy atom. The van der Waals surface area contributed by atoms with Gasteiger partial charge in [-0.2, -0.15) is 0 Å². The number of benzene rings is 1. The topological polar surface area (TPSA) is 192 Å². The van der Waals surface area contributed by atoms with Gasteiger partial charge in [0.2, 0.25) is 0 Å². The molecule has 15 nitrogen and oxygen atoms in total. The highest BCUT2D eigenvalue weighted by Crippen LogP contribution is 2.40. The van der Waals surface area contributed by atoms with Crippen molar-refractivity contribution in [2.45, 2.75) is 185 Å². The summed E-state index contributed by atoms with van der Waals surface area (Å²) in [6, 6.07) is 5.82. The van der Waals surface area contributed by atoms with Crippen molar-refractivity contribution in [2.75, 3.05) is 33.1 Å². The summed E-state index contributed by atoms with van der Waals surface area (Å²) >= 11 is 12.1. The third-order valence-electron chi connectivity index (χ3n) is 13.3. The molecule has 0 saturated carbocycles. The third kappa shape index (κ3) is 12.1. The number of thiocarbonyl (C=S) groups is 1. The van der Waals surface area contributed by atoms with Crippen LogP contribution in [-0.2, 0) is 33.2 Å². The van der Waals surface area contributed by atoms with Gasteiger partial charge in [0.25, 0.3) is 0 Å². The molecule has 3 fully saturated rings. The van der Waals surface area contributed by atoms with Gasteiger partial charge in [-0.15, -0.1) is 0 Å². The molecule has 61 heavy (non-hydrogen) atoms. The van der Waals surface area contributed by atoms with Crippen LogP contribution in [0.25, 0.3) is 0 Å². The number of nitrogens with one attached hydrogen (secondary N) is 1. The summed E-state index contributed by atoms with van der Waals surface area (Å²) in [4.78, 5) is 18.2. The monoisotopic (exact) mass is 903 g/mol. The number of rotatable bonds is 8. The average molecular weight is 905 g/mol. The van der Waals surface area contributed by atoms with E-state index in [0.29, 0.717) is 17.1 Å². The number of anilines is 1. The first-order chi connectivity index (χ1) is 28.3. The minimum Gasteiger partial charge on any atom is -0.459 e. The number of esters is 1. The Kier molecular flexibility index (Phi) is 17.9. The maximum absolute atomic E-state index is 14.5. The lowest BCUT2D eigenvalue weighted by atomic mass is 9.77. The number of methoxy groups -OCH3 is 1. The van der Waals surface area contributed by atoms with Gasteiger partial charge in [-0.3, -0.25) is 4.79 Å². The summed E-state index contributed by atoms with van der Waals surface area (Å²) in [5.41, 5.74) is -4.06. The third-order valence-corrected chi connectivity index (χ3v) is 13.9. The number of nitrogens with zero attached hydrogens (tertiary/aromatic N) is 2. The number of likely N-dealkylation sites (N-methyl/N-ethyl adjacent to an activating group) is 1. The number of cyclic esters (lactones) is 1. The number of aliphatic hydroxyl groups is 5. The van der Waals surface area contributed by atoms with Gasteiger partial charge in [-0.05, 0) is 124 Å². The van der Waals surface area contributed by atoms with E-state index in [1.165, 1.54) is 14.0 Å². The predicted octanol–water partition coefficient (Wildman–Crippen LogP) is 4.32. The Hall–Kier alpha value is -1.77. The molecule has 0 amide bonds. The Morgan fingerprint density at radius 3 is 2.18 bits per heavy atom. The molecule has 0 bridgehead atoms. The van der Waals surface area contributed by atoms with Crippen LogP contribution in [0.15, 0.2) is 24.3 Å². The molecule has 1 aromatic carbocycles. The molecule has 4 rings (SSSR count). The number of hydrogen-bond donors (Lipinski definition) is 6. The number of halogens is 1. The molecule has 0 spiro atoms. The van der Waals surface area contributed by atoms with Crippen molar-refractivity contribution >= 4 is 40.6 Å². The highest BCUT2D eigenvalue weighted by Gasteiger charge is 2.53. The molecule has 0 unspecified atom stereocenters. The van der Waals surface area contributed by atoms with Gasteiger partial charge < -0.3 is 69.1 Å². The van der Waals surface area contributed by atoms with Crippen LogP contribution in [0.1, 0.15) is 94.9 Å². The maximum atomic E-state index is 14.5. The van der Waals surface area contributed by atoms with Gasteiger partial charge in [-0.1, -0.05) is 32.4 Å². The van der Waals surface area contributed by atoms with Crippen molar-refractivity contribution in [3.05, 3.63) is 29.3 Å². The van der Waals surface area contributed by atoms with Crippen LogP contribution in [-0.4, -0.2) is 164 Å². The van der Waals surface area contributed by atoms with E-state index >= 15 is 0 Å². The maximum Gasteiger partial charge on any atom is 0.311 e. The SMILES string of the molecule is CC[C@H]1OC(=O)[C@H](C)[C@@H](O[C@H]2C[C@@](C)(OC)[C@@H](O)[C@H](C)O2)[C@H](C)[C@@H](O[C@@H]2O[C@H](C)C[C@@H](N(C)C)[C@H]2O)[C@](C)(O)C[C@@H](C)CN(C(=S)Nc2ccc(Cl)cc2)[C@H](C)[C@@H](O)[C@]1(C)O. The highest BCUT2D eigenvalue weighted by molar-refractivity contribution is 7.80. The van der Waals surface area contributed by atoms with Crippen molar-refractivity contribution in [3.63, 3.8) is 0 Å². The second-order valence-electron chi connectivity index (χ2n) is 18.8. The van der Waals surface area contributed by atoms with Crippen LogP contribution in [0.3, 0.4) is 0 Å². The minimum atomic E-state index is -1.97. The van der Waals surface area contributed by atoms with Crippen LogP contribution in [0, 0.1) is 17.8 Å². The number of ether oxygens (including phenoxy) is 6. The quantitative estimate of drug-likeness (QED) is 0.160. The van der Waals surface area contributed by atoms with E-state index in [9.17, 15) is 30.3 Å². The molecule has 3 aliphatic heterocycles. The molecule has 1 aromatic rings. The summed E-state index contributed by atoms with van der Waals surface area (Å²) in [6.45, 7) is 17.5. The number of carbonyl (C=O) groups excluding carboxylic acids is 1. The van der Waals surface area contributed by atoms with Gasteiger partial charge in [0.1, 0.15) is 30.0 Å². The summed E-state index contributed by atoms with van der Waals surface area (Å²) in [6.07, 6.45) is -9.24. The largest absolute Gasteiger partial charge is 0.459 e. The molecule has 17 heteroatoms. The normalized spacial score (nSPS) is 43.6.